The van der Waals surface area contributed by atoms with Gasteiger partial charge in [-0.3, -0.25) is 4.79 Å². The molecular formula is C15H14FNOS. The van der Waals surface area contributed by atoms with Crippen LogP contribution in [0, 0.1) is 5.82 Å². The molecule has 0 bridgehead atoms. The number of benzene rings is 1. The van der Waals surface area contributed by atoms with E-state index in [1.54, 1.807) is 29.5 Å². The average molecular weight is 275 g/mol. The van der Waals surface area contributed by atoms with Gasteiger partial charge in [-0.25, -0.2) is 4.39 Å². The topological polar surface area (TPSA) is 29.1 Å². The van der Waals surface area contributed by atoms with Crippen molar-refractivity contribution in [2.45, 2.75) is 13.0 Å². The second-order valence-electron chi connectivity index (χ2n) is 4.13. The summed E-state index contributed by atoms with van der Waals surface area (Å²) < 4.78 is 12.8. The number of hydrogen-bond acceptors (Lipinski definition) is 2. The second kappa shape index (κ2) is 6.29. The van der Waals surface area contributed by atoms with E-state index in [1.807, 2.05) is 24.4 Å². The third-order valence-corrected chi connectivity index (χ3v) is 3.51. The molecule has 0 aliphatic rings. The standard InChI is InChI=1S/C15H14FNOS/c1-11(12-4-6-13(16)7-5-12)17-15(18)9-8-14-3-2-10-19-14/h2-11H,1H3,(H,17,18)/b9-8+/t11-/m1/s1. The predicted octanol–water partition coefficient (Wildman–Crippen LogP) is 3.78. The largest absolute Gasteiger partial charge is 0.346 e. The first-order valence-corrected chi connectivity index (χ1v) is 6.80. The molecule has 1 N–H and O–H groups in total. The SMILES string of the molecule is C[C@@H](NC(=O)/C=C/c1cccs1)c1ccc(F)cc1. The highest BCUT2D eigenvalue weighted by Crippen LogP contribution is 2.13. The van der Waals surface area contributed by atoms with Crippen LogP contribution in [0.5, 0.6) is 0 Å². The maximum Gasteiger partial charge on any atom is 0.244 e. The molecule has 1 amide bonds. The Labute approximate surface area is 115 Å². The molecule has 0 saturated heterocycles. The van der Waals surface area contributed by atoms with Crippen molar-refractivity contribution in [1.82, 2.24) is 5.32 Å². The van der Waals surface area contributed by atoms with Gasteiger partial charge in [-0.05, 0) is 42.1 Å². The smallest absolute Gasteiger partial charge is 0.244 e. The summed E-state index contributed by atoms with van der Waals surface area (Å²) >= 11 is 1.57. The van der Waals surface area contributed by atoms with Gasteiger partial charge in [0.1, 0.15) is 5.82 Å². The number of thiophene rings is 1. The summed E-state index contributed by atoms with van der Waals surface area (Å²) in [5, 5.41) is 4.79. The van der Waals surface area contributed by atoms with Crippen LogP contribution in [0.3, 0.4) is 0 Å². The molecule has 19 heavy (non-hydrogen) atoms. The number of carbonyl (C=O) groups excluding carboxylic acids is 1. The normalized spacial score (nSPS) is 12.5. The minimum Gasteiger partial charge on any atom is -0.346 e. The first kappa shape index (κ1) is 13.5. The number of halogens is 1. The third kappa shape index (κ3) is 4.03. The van der Waals surface area contributed by atoms with E-state index in [0.717, 1.165) is 10.4 Å². The Bertz CT molecular complexity index is 560. The molecule has 1 aromatic carbocycles. The van der Waals surface area contributed by atoms with Gasteiger partial charge in [0.05, 0.1) is 6.04 Å². The van der Waals surface area contributed by atoms with Crippen molar-refractivity contribution in [1.29, 1.82) is 0 Å². The van der Waals surface area contributed by atoms with Crippen LogP contribution in [-0.2, 0) is 4.79 Å². The monoisotopic (exact) mass is 275 g/mol. The Morgan fingerprint density at radius 1 is 1.32 bits per heavy atom. The Morgan fingerprint density at radius 2 is 2.05 bits per heavy atom. The average Bonchev–Trinajstić information content (AvgIpc) is 2.90. The van der Waals surface area contributed by atoms with Gasteiger partial charge in [0.2, 0.25) is 5.91 Å². The zero-order valence-corrected chi connectivity index (χ0v) is 11.3. The maximum atomic E-state index is 12.8. The van der Waals surface area contributed by atoms with Gasteiger partial charge in [-0.2, -0.15) is 0 Å². The third-order valence-electron chi connectivity index (χ3n) is 2.67. The molecule has 0 aliphatic carbocycles. The lowest BCUT2D eigenvalue weighted by molar-refractivity contribution is -0.117. The molecule has 0 spiro atoms. The Kier molecular flexibility index (Phi) is 4.47. The van der Waals surface area contributed by atoms with Crippen molar-refractivity contribution in [3.8, 4) is 0 Å². The van der Waals surface area contributed by atoms with Gasteiger partial charge in [-0.1, -0.05) is 18.2 Å². The summed E-state index contributed by atoms with van der Waals surface area (Å²) in [5.41, 5.74) is 0.874. The Hall–Kier alpha value is -1.94. The molecular weight excluding hydrogens is 261 g/mol. The molecule has 2 rings (SSSR count). The quantitative estimate of drug-likeness (QED) is 0.845. The van der Waals surface area contributed by atoms with Crippen LogP contribution in [0.2, 0.25) is 0 Å². The van der Waals surface area contributed by atoms with Crippen molar-refractivity contribution < 1.29 is 9.18 Å². The lowest BCUT2D eigenvalue weighted by Gasteiger charge is -2.12. The maximum absolute atomic E-state index is 12.8. The lowest BCUT2D eigenvalue weighted by Crippen LogP contribution is -2.24. The summed E-state index contributed by atoms with van der Waals surface area (Å²) in [6, 6.07) is 9.84. The van der Waals surface area contributed by atoms with E-state index in [2.05, 4.69) is 5.32 Å². The van der Waals surface area contributed by atoms with Gasteiger partial charge >= 0.3 is 0 Å². The molecule has 0 unspecified atom stereocenters. The number of amides is 1. The fourth-order valence-electron chi connectivity index (χ4n) is 1.64. The fraction of sp³-hybridized carbons (Fsp3) is 0.133. The summed E-state index contributed by atoms with van der Waals surface area (Å²) in [7, 11) is 0. The Morgan fingerprint density at radius 3 is 2.68 bits per heavy atom. The molecule has 4 heteroatoms. The number of carbonyl (C=O) groups is 1. The van der Waals surface area contributed by atoms with Gasteiger partial charge in [0, 0.05) is 11.0 Å². The van der Waals surface area contributed by atoms with Crippen molar-refractivity contribution >= 4 is 23.3 Å². The zero-order chi connectivity index (χ0) is 13.7. The molecule has 1 heterocycles. The van der Waals surface area contributed by atoms with E-state index >= 15 is 0 Å². The molecule has 2 aromatic rings. The summed E-state index contributed by atoms with van der Waals surface area (Å²) in [6.45, 7) is 1.87. The lowest BCUT2D eigenvalue weighted by atomic mass is 10.1. The van der Waals surface area contributed by atoms with Crippen LogP contribution < -0.4 is 5.32 Å². The van der Waals surface area contributed by atoms with E-state index in [4.69, 9.17) is 0 Å². The molecule has 98 valence electrons. The highest BCUT2D eigenvalue weighted by Gasteiger charge is 2.07. The van der Waals surface area contributed by atoms with Crippen LogP contribution >= 0.6 is 11.3 Å². The predicted molar refractivity (Wildman–Crippen MR) is 76.3 cm³/mol. The van der Waals surface area contributed by atoms with Crippen molar-refractivity contribution in [2.75, 3.05) is 0 Å². The van der Waals surface area contributed by atoms with Gasteiger partial charge in [0.15, 0.2) is 0 Å². The molecule has 0 fully saturated rings. The fourth-order valence-corrected chi connectivity index (χ4v) is 2.26. The molecule has 0 saturated carbocycles. The van der Waals surface area contributed by atoms with Crippen LogP contribution in [0.4, 0.5) is 4.39 Å². The van der Waals surface area contributed by atoms with E-state index in [1.165, 1.54) is 18.2 Å². The van der Waals surface area contributed by atoms with Crippen molar-refractivity contribution in [3.63, 3.8) is 0 Å². The van der Waals surface area contributed by atoms with Gasteiger partial charge in [0.25, 0.3) is 0 Å². The van der Waals surface area contributed by atoms with Gasteiger partial charge in [-0.15, -0.1) is 11.3 Å². The molecule has 0 radical (unpaired) electrons. The molecule has 1 atom stereocenters. The van der Waals surface area contributed by atoms with E-state index in [-0.39, 0.29) is 17.8 Å². The van der Waals surface area contributed by atoms with Crippen LogP contribution in [-0.4, -0.2) is 5.91 Å². The zero-order valence-electron chi connectivity index (χ0n) is 10.5. The van der Waals surface area contributed by atoms with Crippen LogP contribution in [0.25, 0.3) is 6.08 Å². The van der Waals surface area contributed by atoms with Gasteiger partial charge < -0.3 is 5.32 Å². The summed E-state index contributed by atoms with van der Waals surface area (Å²) in [6.07, 6.45) is 3.28. The first-order chi connectivity index (χ1) is 9.15. The highest BCUT2D eigenvalue weighted by molar-refractivity contribution is 7.10. The highest BCUT2D eigenvalue weighted by atomic mass is 32.1. The number of rotatable bonds is 4. The molecule has 1 aromatic heterocycles. The van der Waals surface area contributed by atoms with Crippen LogP contribution in [0.1, 0.15) is 23.4 Å². The van der Waals surface area contributed by atoms with E-state index in [9.17, 15) is 9.18 Å². The van der Waals surface area contributed by atoms with E-state index < -0.39 is 0 Å². The molecule has 2 nitrogen and oxygen atoms in total. The van der Waals surface area contributed by atoms with Crippen LogP contribution in [0.15, 0.2) is 47.9 Å². The van der Waals surface area contributed by atoms with E-state index in [0.29, 0.717) is 0 Å². The number of nitrogens with one attached hydrogen (secondary N) is 1. The minimum atomic E-state index is -0.278. The Balaban J connectivity index is 1.93. The summed E-state index contributed by atoms with van der Waals surface area (Å²) in [4.78, 5) is 12.8. The first-order valence-electron chi connectivity index (χ1n) is 5.93. The van der Waals surface area contributed by atoms with Crippen molar-refractivity contribution in [3.05, 3.63) is 64.1 Å². The second-order valence-corrected chi connectivity index (χ2v) is 5.11. The minimum absolute atomic E-state index is 0.152. The summed E-state index contributed by atoms with van der Waals surface area (Å²) in [5.74, 6) is -0.440. The molecule has 0 aliphatic heterocycles. The number of hydrogen-bond donors (Lipinski definition) is 1. The van der Waals surface area contributed by atoms with Crippen molar-refractivity contribution in [2.24, 2.45) is 0 Å².